The summed E-state index contributed by atoms with van der Waals surface area (Å²) in [5, 5.41) is 4.15. The van der Waals surface area contributed by atoms with Crippen LogP contribution in [0.25, 0.3) is 17.1 Å². The molecule has 1 atom stereocenters. The molecule has 0 spiro atoms. The van der Waals surface area contributed by atoms with Crippen molar-refractivity contribution < 1.29 is 0 Å². The molecular weight excluding hydrogens is 579 g/mol. The zero-order chi connectivity index (χ0) is 31.8. The molecule has 230 valence electrons. The molecular formula is C40H41N5Si. The summed E-state index contributed by atoms with van der Waals surface area (Å²) in [7, 11) is 0.259. The van der Waals surface area contributed by atoms with Gasteiger partial charge in [0.2, 0.25) is 0 Å². The number of fused-ring (bicyclic) bond motifs is 1. The van der Waals surface area contributed by atoms with Crippen molar-refractivity contribution in [2.24, 2.45) is 0 Å². The molecule has 1 unspecified atom stereocenters. The van der Waals surface area contributed by atoms with E-state index in [0.29, 0.717) is 11.8 Å². The van der Waals surface area contributed by atoms with Crippen LogP contribution < -0.4 is 25.4 Å². The highest BCUT2D eigenvalue weighted by Crippen LogP contribution is 2.37. The van der Waals surface area contributed by atoms with Gasteiger partial charge in [0.05, 0.1) is 18.0 Å². The Morgan fingerprint density at radius 1 is 0.652 bits per heavy atom. The van der Waals surface area contributed by atoms with E-state index in [9.17, 15) is 0 Å². The van der Waals surface area contributed by atoms with Gasteiger partial charge in [0, 0.05) is 36.9 Å². The van der Waals surface area contributed by atoms with Gasteiger partial charge < -0.3 is 9.80 Å². The molecule has 5 nitrogen and oxygen atoms in total. The predicted molar refractivity (Wildman–Crippen MR) is 196 cm³/mol. The van der Waals surface area contributed by atoms with Gasteiger partial charge in [0.15, 0.2) is 5.82 Å². The van der Waals surface area contributed by atoms with E-state index in [1.54, 1.807) is 0 Å². The lowest BCUT2D eigenvalue weighted by atomic mass is 9.92. The standard InChI is InChI=1S/C40H41N5Si/c1-28(2)35-19-11-20-36(29(3)4)38(35)44-24-23-42-39(44)30-13-9-17-33(25-30)46(32-15-7-6-8-16-32)34-18-10-14-31(26-34)45-27-43(5)40-37(45)21-12-22-41-40/h6-26,28-29,46H,27H2,1-5H3. The maximum Gasteiger partial charge on any atom is 0.153 e. The van der Waals surface area contributed by atoms with Gasteiger partial charge >= 0.3 is 0 Å². The largest absolute Gasteiger partial charge is 0.340 e. The Hall–Kier alpha value is -4.94. The fraction of sp³-hybridized carbons (Fsp3) is 0.200. The van der Waals surface area contributed by atoms with Crippen molar-refractivity contribution in [1.29, 1.82) is 0 Å². The predicted octanol–water partition coefficient (Wildman–Crippen LogP) is 6.98. The van der Waals surface area contributed by atoms with Crippen LogP contribution >= 0.6 is 0 Å². The molecule has 46 heavy (non-hydrogen) atoms. The second-order valence-electron chi connectivity index (χ2n) is 12.9. The summed E-state index contributed by atoms with van der Waals surface area (Å²) in [6, 6.07) is 40.3. The number of benzene rings is 4. The Morgan fingerprint density at radius 2 is 1.33 bits per heavy atom. The van der Waals surface area contributed by atoms with Crippen LogP contribution in [0.2, 0.25) is 0 Å². The third kappa shape index (κ3) is 5.43. The Balaban J connectivity index is 1.34. The van der Waals surface area contributed by atoms with Gasteiger partial charge in [-0.15, -0.1) is 0 Å². The minimum atomic E-state index is -1.85. The Labute approximate surface area is 274 Å². The Morgan fingerprint density at radius 3 is 2.07 bits per heavy atom. The number of hydrogen-bond acceptors (Lipinski definition) is 4. The van der Waals surface area contributed by atoms with E-state index in [1.165, 1.54) is 38.1 Å². The van der Waals surface area contributed by atoms with Crippen LogP contribution in [0.1, 0.15) is 50.7 Å². The van der Waals surface area contributed by atoms with Gasteiger partial charge in [-0.05, 0) is 47.2 Å². The number of para-hydroxylation sites is 1. The van der Waals surface area contributed by atoms with E-state index in [4.69, 9.17) is 4.98 Å². The molecule has 0 radical (unpaired) electrons. The molecule has 0 saturated carbocycles. The molecule has 0 amide bonds. The van der Waals surface area contributed by atoms with E-state index in [0.717, 1.165) is 29.6 Å². The van der Waals surface area contributed by atoms with E-state index >= 15 is 0 Å². The quantitative estimate of drug-likeness (QED) is 0.136. The molecule has 6 aromatic rings. The van der Waals surface area contributed by atoms with Crippen molar-refractivity contribution in [2.75, 3.05) is 23.5 Å². The normalized spacial score (nSPS) is 13.5. The zero-order valence-corrected chi connectivity index (χ0v) is 28.5. The van der Waals surface area contributed by atoms with E-state index in [1.807, 2.05) is 18.5 Å². The number of rotatable bonds is 8. The number of nitrogens with zero attached hydrogens (tertiary/aromatic N) is 5. The molecule has 1 aliphatic rings. The second kappa shape index (κ2) is 12.5. The van der Waals surface area contributed by atoms with Crippen LogP contribution in [0.15, 0.2) is 128 Å². The lowest BCUT2D eigenvalue weighted by molar-refractivity contribution is 0.807. The van der Waals surface area contributed by atoms with Crippen molar-refractivity contribution in [3.8, 4) is 17.1 Å². The lowest BCUT2D eigenvalue weighted by Crippen LogP contribution is -2.52. The van der Waals surface area contributed by atoms with Crippen molar-refractivity contribution in [2.45, 2.75) is 39.5 Å². The molecule has 6 heteroatoms. The molecule has 4 aromatic carbocycles. The highest BCUT2D eigenvalue weighted by molar-refractivity contribution is 6.95. The third-order valence-corrected chi connectivity index (χ3v) is 12.2. The van der Waals surface area contributed by atoms with Gasteiger partial charge in [-0.2, -0.15) is 0 Å². The van der Waals surface area contributed by atoms with Crippen molar-refractivity contribution in [3.05, 3.63) is 139 Å². The monoisotopic (exact) mass is 619 g/mol. The minimum Gasteiger partial charge on any atom is -0.340 e. The fourth-order valence-electron chi connectivity index (χ4n) is 6.91. The molecule has 0 fully saturated rings. The van der Waals surface area contributed by atoms with Gasteiger partial charge in [0.1, 0.15) is 14.6 Å². The summed E-state index contributed by atoms with van der Waals surface area (Å²) >= 11 is 0. The summed E-state index contributed by atoms with van der Waals surface area (Å²) in [5.74, 6) is 2.80. The molecule has 0 saturated heterocycles. The van der Waals surface area contributed by atoms with Crippen LogP contribution in [-0.4, -0.2) is 37.0 Å². The first kappa shape index (κ1) is 29.8. The summed E-state index contributed by atoms with van der Waals surface area (Å²) < 4.78 is 2.32. The molecule has 0 aliphatic carbocycles. The Bertz CT molecular complexity index is 1950. The van der Waals surface area contributed by atoms with Crippen molar-refractivity contribution in [1.82, 2.24) is 14.5 Å². The second-order valence-corrected chi connectivity index (χ2v) is 15.8. The topological polar surface area (TPSA) is 37.2 Å². The molecule has 1 aliphatic heterocycles. The minimum absolute atomic E-state index is 0.399. The highest BCUT2D eigenvalue weighted by Gasteiger charge is 2.27. The van der Waals surface area contributed by atoms with E-state index < -0.39 is 8.80 Å². The first-order valence-corrected chi connectivity index (χ1v) is 18.0. The summed E-state index contributed by atoms with van der Waals surface area (Å²) in [6.07, 6.45) is 5.94. The smallest absolute Gasteiger partial charge is 0.153 e. The SMILES string of the molecule is CC(C)c1cccc(C(C)C)c1-n1ccnc1-c1cccc([SiH](c2ccccc2)c2cccc(N3CN(C)c4ncccc43)c2)c1. The van der Waals surface area contributed by atoms with Crippen LogP contribution in [-0.2, 0) is 0 Å². The summed E-state index contributed by atoms with van der Waals surface area (Å²) in [4.78, 5) is 14.2. The maximum atomic E-state index is 4.97. The first-order valence-electron chi connectivity index (χ1n) is 16.3. The first-order chi connectivity index (χ1) is 22.4. The molecule has 0 bridgehead atoms. The van der Waals surface area contributed by atoms with Crippen LogP contribution in [0.3, 0.4) is 0 Å². The van der Waals surface area contributed by atoms with Crippen LogP contribution in [0, 0.1) is 0 Å². The van der Waals surface area contributed by atoms with Gasteiger partial charge in [-0.1, -0.05) is 128 Å². The maximum absolute atomic E-state index is 4.97. The lowest BCUT2D eigenvalue weighted by Gasteiger charge is -2.23. The fourth-order valence-corrected chi connectivity index (χ4v) is 9.96. The van der Waals surface area contributed by atoms with Gasteiger partial charge in [0.25, 0.3) is 0 Å². The van der Waals surface area contributed by atoms with Gasteiger partial charge in [-0.3, -0.25) is 4.57 Å². The van der Waals surface area contributed by atoms with Crippen molar-refractivity contribution >= 4 is 41.5 Å². The molecule has 7 rings (SSSR count). The number of hydrogen-bond donors (Lipinski definition) is 0. The van der Waals surface area contributed by atoms with Gasteiger partial charge in [-0.25, -0.2) is 9.97 Å². The van der Waals surface area contributed by atoms with Crippen molar-refractivity contribution in [3.63, 3.8) is 0 Å². The Kier molecular flexibility index (Phi) is 8.05. The third-order valence-electron chi connectivity index (χ3n) is 9.12. The number of pyridine rings is 1. The van der Waals surface area contributed by atoms with E-state index in [2.05, 4.69) is 163 Å². The molecule has 2 aromatic heterocycles. The molecule has 0 N–H and O–H groups in total. The number of anilines is 3. The van der Waals surface area contributed by atoms with Crippen LogP contribution in [0.5, 0.6) is 0 Å². The average molecular weight is 620 g/mol. The van der Waals surface area contributed by atoms with Crippen LogP contribution in [0.4, 0.5) is 17.2 Å². The number of imidazole rings is 1. The molecule has 3 heterocycles. The average Bonchev–Trinajstić information content (AvgIpc) is 3.70. The summed E-state index contributed by atoms with van der Waals surface area (Å²) in [5.41, 5.74) is 7.44. The summed E-state index contributed by atoms with van der Waals surface area (Å²) in [6.45, 7) is 9.89. The number of aromatic nitrogens is 3. The zero-order valence-electron chi connectivity index (χ0n) is 27.3. The van der Waals surface area contributed by atoms with E-state index in [-0.39, 0.29) is 0 Å². The highest BCUT2D eigenvalue weighted by atomic mass is 28.3.